The Labute approximate surface area is 204 Å². The van der Waals surface area contributed by atoms with Crippen molar-refractivity contribution in [3.05, 3.63) is 34.2 Å². The molecule has 2 saturated heterocycles. The highest BCUT2D eigenvalue weighted by molar-refractivity contribution is 5.99. The maximum Gasteiger partial charge on any atom is 0.410 e. The first-order valence-corrected chi connectivity index (χ1v) is 12.0. The van der Waals surface area contributed by atoms with E-state index in [9.17, 15) is 19.2 Å². The zero-order chi connectivity index (χ0) is 25.5. The number of hydrogen-bond donors (Lipinski definition) is 0. The molecule has 4 rings (SSSR count). The third kappa shape index (κ3) is 4.97. The van der Waals surface area contributed by atoms with Crippen molar-refractivity contribution in [2.75, 3.05) is 20.1 Å². The molecule has 0 spiro atoms. The summed E-state index contributed by atoms with van der Waals surface area (Å²) in [5.74, 6) is 6.11. The van der Waals surface area contributed by atoms with E-state index in [1.165, 1.54) is 16.2 Å². The fourth-order valence-corrected chi connectivity index (χ4v) is 4.60. The van der Waals surface area contributed by atoms with Crippen molar-refractivity contribution in [1.82, 2.24) is 18.9 Å². The van der Waals surface area contributed by atoms with Gasteiger partial charge in [-0.1, -0.05) is 11.8 Å². The Morgan fingerprint density at radius 2 is 1.71 bits per heavy atom. The SMILES string of the molecule is CN1C(=O)CCC(n2c(=O)n(C)c3cc(C#CC4CCN(C(=O)OC(C)(C)C)CC4)ccc32)C1=O. The van der Waals surface area contributed by atoms with Crippen LogP contribution in [0.25, 0.3) is 11.0 Å². The van der Waals surface area contributed by atoms with Crippen LogP contribution in [0.2, 0.25) is 0 Å². The molecule has 1 aromatic heterocycles. The molecular formula is C26H32N4O5. The molecule has 0 N–H and O–H groups in total. The number of rotatable bonds is 1. The van der Waals surface area contributed by atoms with Gasteiger partial charge in [-0.25, -0.2) is 9.59 Å². The molecular weight excluding hydrogens is 448 g/mol. The van der Waals surface area contributed by atoms with Gasteiger partial charge in [-0.05, 0) is 58.2 Å². The van der Waals surface area contributed by atoms with E-state index in [2.05, 4.69) is 11.8 Å². The van der Waals surface area contributed by atoms with Crippen LogP contribution in [0.1, 0.15) is 58.1 Å². The van der Waals surface area contributed by atoms with Crippen molar-refractivity contribution in [2.45, 2.75) is 58.1 Å². The largest absolute Gasteiger partial charge is 0.444 e. The van der Waals surface area contributed by atoms with Gasteiger partial charge in [0.15, 0.2) is 0 Å². The summed E-state index contributed by atoms with van der Waals surface area (Å²) in [6, 6.07) is 4.83. The number of nitrogens with zero attached hydrogens (tertiary/aromatic N) is 4. The topological polar surface area (TPSA) is 93.9 Å². The quantitative estimate of drug-likeness (QED) is 0.462. The summed E-state index contributed by atoms with van der Waals surface area (Å²) in [5, 5.41) is 0. The second-order valence-electron chi connectivity index (χ2n) is 10.3. The van der Waals surface area contributed by atoms with Crippen molar-refractivity contribution >= 4 is 28.9 Å². The lowest BCUT2D eigenvalue weighted by molar-refractivity contribution is -0.149. The Kier molecular flexibility index (Phi) is 6.50. The minimum absolute atomic E-state index is 0.172. The maximum absolute atomic E-state index is 13.0. The van der Waals surface area contributed by atoms with Crippen molar-refractivity contribution in [1.29, 1.82) is 0 Å². The molecule has 1 atom stereocenters. The van der Waals surface area contributed by atoms with E-state index in [1.54, 1.807) is 11.9 Å². The lowest BCUT2D eigenvalue weighted by Crippen LogP contribution is -2.45. The zero-order valence-electron chi connectivity index (χ0n) is 21.0. The number of fused-ring (bicyclic) bond motifs is 1. The number of imidazole rings is 1. The molecule has 0 bridgehead atoms. The van der Waals surface area contributed by atoms with Gasteiger partial charge in [0, 0.05) is 45.1 Å². The minimum Gasteiger partial charge on any atom is -0.444 e. The van der Waals surface area contributed by atoms with Gasteiger partial charge in [-0.2, -0.15) is 0 Å². The van der Waals surface area contributed by atoms with Gasteiger partial charge in [0.1, 0.15) is 11.6 Å². The van der Waals surface area contributed by atoms with Gasteiger partial charge in [-0.3, -0.25) is 23.6 Å². The van der Waals surface area contributed by atoms with Gasteiger partial charge in [0.05, 0.1) is 11.0 Å². The number of benzene rings is 1. The predicted molar refractivity (Wildman–Crippen MR) is 131 cm³/mol. The summed E-state index contributed by atoms with van der Waals surface area (Å²) in [7, 11) is 3.13. The van der Waals surface area contributed by atoms with E-state index in [0.717, 1.165) is 23.3 Å². The van der Waals surface area contributed by atoms with Crippen LogP contribution >= 0.6 is 0 Å². The molecule has 9 nitrogen and oxygen atoms in total. The summed E-state index contributed by atoms with van der Waals surface area (Å²) in [6.07, 6.45) is 1.81. The van der Waals surface area contributed by atoms with Crippen LogP contribution in [-0.4, -0.2) is 62.6 Å². The van der Waals surface area contributed by atoms with Crippen molar-refractivity contribution < 1.29 is 19.1 Å². The van der Waals surface area contributed by atoms with Crippen molar-refractivity contribution in [3.63, 3.8) is 0 Å². The van der Waals surface area contributed by atoms with Gasteiger partial charge in [-0.15, -0.1) is 0 Å². The molecule has 2 aromatic rings. The highest BCUT2D eigenvalue weighted by Gasteiger charge is 2.35. The standard InChI is InChI=1S/C26H32N4O5/c1-26(2,3)35-25(34)29-14-12-17(13-15-29)6-7-18-8-9-19-21(16-18)27(4)24(33)30(19)20-10-11-22(31)28(5)23(20)32/h8-9,16-17,20H,10-15H2,1-5H3. The molecule has 2 fully saturated rings. The summed E-state index contributed by atoms with van der Waals surface area (Å²) < 4.78 is 8.46. The highest BCUT2D eigenvalue weighted by atomic mass is 16.6. The van der Waals surface area contributed by atoms with E-state index in [4.69, 9.17) is 4.74 Å². The van der Waals surface area contributed by atoms with Crippen LogP contribution in [0.4, 0.5) is 4.79 Å². The van der Waals surface area contributed by atoms with Gasteiger partial charge >= 0.3 is 11.8 Å². The first-order chi connectivity index (χ1) is 16.5. The van der Waals surface area contributed by atoms with Gasteiger partial charge < -0.3 is 9.64 Å². The van der Waals surface area contributed by atoms with Gasteiger partial charge in [0.25, 0.3) is 5.91 Å². The smallest absolute Gasteiger partial charge is 0.410 e. The number of aromatic nitrogens is 2. The predicted octanol–water partition coefficient (Wildman–Crippen LogP) is 2.66. The normalized spacial score (nSPS) is 19.6. The summed E-state index contributed by atoms with van der Waals surface area (Å²) in [5.41, 5.74) is 1.31. The third-order valence-electron chi connectivity index (χ3n) is 6.59. The molecule has 186 valence electrons. The Bertz CT molecular complexity index is 1300. The van der Waals surface area contributed by atoms with Crippen LogP contribution in [0.5, 0.6) is 0 Å². The zero-order valence-corrected chi connectivity index (χ0v) is 21.0. The highest BCUT2D eigenvalue weighted by Crippen LogP contribution is 2.26. The van der Waals surface area contributed by atoms with Crippen LogP contribution in [-0.2, 0) is 21.4 Å². The monoisotopic (exact) mass is 480 g/mol. The van der Waals surface area contributed by atoms with Crippen molar-refractivity contribution in [3.8, 4) is 11.8 Å². The van der Waals surface area contributed by atoms with Gasteiger partial charge in [0.2, 0.25) is 5.91 Å². The fourth-order valence-electron chi connectivity index (χ4n) is 4.60. The number of aryl methyl sites for hydroxylation is 1. The number of ether oxygens (including phenoxy) is 1. The Balaban J connectivity index is 1.50. The number of piperidine rings is 2. The van der Waals surface area contributed by atoms with E-state index in [-0.39, 0.29) is 35.9 Å². The summed E-state index contributed by atoms with van der Waals surface area (Å²) >= 11 is 0. The molecule has 0 radical (unpaired) electrons. The number of hydrogen-bond acceptors (Lipinski definition) is 5. The number of amides is 3. The number of likely N-dealkylation sites (N-methyl/N-ethyl adjacent to an activating group) is 1. The molecule has 2 aliphatic heterocycles. The maximum atomic E-state index is 13.0. The third-order valence-corrected chi connectivity index (χ3v) is 6.59. The van der Waals surface area contributed by atoms with E-state index < -0.39 is 11.6 Å². The van der Waals surface area contributed by atoms with Crippen LogP contribution in [0, 0.1) is 17.8 Å². The lowest BCUT2D eigenvalue weighted by atomic mass is 9.97. The molecule has 0 saturated carbocycles. The van der Waals surface area contributed by atoms with Crippen LogP contribution in [0.3, 0.4) is 0 Å². The molecule has 35 heavy (non-hydrogen) atoms. The molecule has 0 aliphatic carbocycles. The second-order valence-corrected chi connectivity index (χ2v) is 10.3. The molecule has 1 aromatic carbocycles. The van der Waals surface area contributed by atoms with Crippen LogP contribution in [0.15, 0.2) is 23.0 Å². The Morgan fingerprint density at radius 3 is 2.37 bits per heavy atom. The Morgan fingerprint density at radius 1 is 1.03 bits per heavy atom. The number of imide groups is 1. The molecule has 2 aliphatic rings. The number of carbonyl (C=O) groups excluding carboxylic acids is 3. The number of likely N-dealkylation sites (tertiary alicyclic amines) is 2. The summed E-state index contributed by atoms with van der Waals surface area (Å²) in [4.78, 5) is 52.6. The fraction of sp³-hybridized carbons (Fsp3) is 0.538. The first kappa shape index (κ1) is 24.6. The molecule has 3 heterocycles. The van der Waals surface area contributed by atoms with Crippen LogP contribution < -0.4 is 5.69 Å². The summed E-state index contributed by atoms with van der Waals surface area (Å²) in [6.45, 7) is 6.79. The number of carbonyl (C=O) groups is 3. The molecule has 9 heteroatoms. The molecule has 1 unspecified atom stereocenters. The second kappa shape index (κ2) is 9.25. The minimum atomic E-state index is -0.694. The molecule has 3 amide bonds. The van der Waals surface area contributed by atoms with E-state index >= 15 is 0 Å². The average Bonchev–Trinajstić information content (AvgIpc) is 3.05. The van der Waals surface area contributed by atoms with Crippen molar-refractivity contribution in [2.24, 2.45) is 13.0 Å². The first-order valence-electron chi connectivity index (χ1n) is 12.0. The Hall–Kier alpha value is -3.54. The van der Waals surface area contributed by atoms with E-state index in [1.807, 2.05) is 39.0 Å². The lowest BCUT2D eigenvalue weighted by Gasteiger charge is -2.31. The average molecular weight is 481 g/mol. The van der Waals surface area contributed by atoms with E-state index in [0.29, 0.717) is 30.5 Å².